The minimum atomic E-state index is -0.413. The third-order valence-corrected chi connectivity index (χ3v) is 2.87. The molecule has 0 saturated heterocycles. The van der Waals surface area contributed by atoms with Gasteiger partial charge in [-0.2, -0.15) is 0 Å². The fraction of sp³-hybridized carbons (Fsp3) is 0.333. The second-order valence-corrected chi connectivity index (χ2v) is 4.84. The largest absolute Gasteiger partial charge is 0.316 e. The van der Waals surface area contributed by atoms with Crippen molar-refractivity contribution in [2.24, 2.45) is 5.73 Å². The Hall–Kier alpha value is -0.300. The Labute approximate surface area is 85.1 Å². The summed E-state index contributed by atoms with van der Waals surface area (Å²) in [7, 11) is 0. The van der Waals surface area contributed by atoms with Gasteiger partial charge in [-0.3, -0.25) is 0 Å². The normalized spacial score (nSPS) is 10.7. The minimum absolute atomic E-state index is 0.413. The summed E-state index contributed by atoms with van der Waals surface area (Å²) in [4.78, 5) is 1.04. The Kier molecular flexibility index (Phi) is 2.94. The summed E-state index contributed by atoms with van der Waals surface area (Å²) < 4.78 is 1.05. The summed E-state index contributed by atoms with van der Waals surface area (Å²) in [5, 5.41) is 2.00. The van der Waals surface area contributed by atoms with Crippen LogP contribution >= 0.6 is 27.3 Å². The third kappa shape index (κ3) is 2.98. The van der Waals surface area contributed by atoms with Crippen molar-refractivity contribution in [2.45, 2.75) is 19.4 Å². The van der Waals surface area contributed by atoms with Crippen molar-refractivity contribution in [2.75, 3.05) is 0 Å². The number of halogens is 1. The second kappa shape index (κ2) is 3.61. The molecule has 1 nitrogen and oxygen atoms in total. The molecule has 0 saturated carbocycles. The summed E-state index contributed by atoms with van der Waals surface area (Å²) >= 11 is 5.02. The van der Waals surface area contributed by atoms with E-state index in [4.69, 9.17) is 5.73 Å². The first-order valence-corrected chi connectivity index (χ1v) is 5.21. The van der Waals surface area contributed by atoms with Gasteiger partial charge in [0.15, 0.2) is 0 Å². The summed E-state index contributed by atoms with van der Waals surface area (Å²) in [5.41, 5.74) is 5.30. The number of hydrogen-bond donors (Lipinski definition) is 1. The van der Waals surface area contributed by atoms with E-state index >= 15 is 0 Å². The number of thiophene rings is 1. The second-order valence-electron chi connectivity index (χ2n) is 3.07. The molecule has 0 unspecified atom stereocenters. The van der Waals surface area contributed by atoms with Crippen molar-refractivity contribution in [3.05, 3.63) is 20.8 Å². The van der Waals surface area contributed by atoms with E-state index < -0.39 is 5.54 Å². The Bertz CT molecular complexity index is 324. The molecule has 2 N–H and O–H groups in total. The maximum atomic E-state index is 5.72. The lowest BCUT2D eigenvalue weighted by Gasteiger charge is -2.06. The SMILES string of the molecule is CC(C)(N)C#Cc1sccc1Br. The summed E-state index contributed by atoms with van der Waals surface area (Å²) in [6.45, 7) is 3.78. The van der Waals surface area contributed by atoms with Crippen LogP contribution in [0.1, 0.15) is 18.7 Å². The molecule has 0 amide bonds. The fourth-order valence-electron chi connectivity index (χ4n) is 0.601. The van der Waals surface area contributed by atoms with Gasteiger partial charge in [0, 0.05) is 4.47 Å². The molecule has 1 rings (SSSR count). The first-order valence-electron chi connectivity index (χ1n) is 3.54. The van der Waals surface area contributed by atoms with Gasteiger partial charge < -0.3 is 5.73 Å². The van der Waals surface area contributed by atoms with Crippen molar-refractivity contribution >= 4 is 27.3 Å². The lowest BCUT2D eigenvalue weighted by atomic mass is 10.1. The standard InChI is InChI=1S/C9H10BrNS/c1-9(2,11)5-3-8-7(10)4-6-12-8/h4,6H,11H2,1-2H3. The lowest BCUT2D eigenvalue weighted by molar-refractivity contribution is 0.681. The molecule has 0 aromatic carbocycles. The van der Waals surface area contributed by atoms with Crippen LogP contribution in [0.25, 0.3) is 0 Å². The molecule has 0 bridgehead atoms. The molecule has 0 aliphatic carbocycles. The molecule has 0 spiro atoms. The van der Waals surface area contributed by atoms with Gasteiger partial charge in [0.2, 0.25) is 0 Å². The van der Waals surface area contributed by atoms with Gasteiger partial charge in [0.05, 0.1) is 10.4 Å². The van der Waals surface area contributed by atoms with Gasteiger partial charge in [0.1, 0.15) is 0 Å². The average molecular weight is 244 g/mol. The predicted molar refractivity (Wildman–Crippen MR) is 57.2 cm³/mol. The number of nitrogens with two attached hydrogens (primary N) is 1. The smallest absolute Gasteiger partial charge is 0.0910 e. The van der Waals surface area contributed by atoms with Gasteiger partial charge in [-0.1, -0.05) is 11.8 Å². The van der Waals surface area contributed by atoms with E-state index in [0.717, 1.165) is 9.35 Å². The van der Waals surface area contributed by atoms with Crippen LogP contribution in [0.4, 0.5) is 0 Å². The molecule has 3 heteroatoms. The monoisotopic (exact) mass is 243 g/mol. The van der Waals surface area contributed by atoms with Gasteiger partial charge >= 0.3 is 0 Å². The van der Waals surface area contributed by atoms with E-state index in [1.807, 2.05) is 25.3 Å². The van der Waals surface area contributed by atoms with E-state index in [0.29, 0.717) is 0 Å². The molecule has 1 heterocycles. The molecule has 12 heavy (non-hydrogen) atoms. The van der Waals surface area contributed by atoms with E-state index in [9.17, 15) is 0 Å². The summed E-state index contributed by atoms with van der Waals surface area (Å²) in [6.07, 6.45) is 0. The molecule has 1 aromatic rings. The average Bonchev–Trinajstić information content (AvgIpc) is 2.29. The predicted octanol–water partition coefficient (Wildman–Crippen LogP) is 2.60. The van der Waals surface area contributed by atoms with Crippen LogP contribution in [0.2, 0.25) is 0 Å². The quantitative estimate of drug-likeness (QED) is 0.697. The van der Waals surface area contributed by atoms with Crippen molar-refractivity contribution in [3.8, 4) is 11.8 Å². The Morgan fingerprint density at radius 3 is 2.67 bits per heavy atom. The first-order chi connectivity index (χ1) is 5.49. The molecule has 0 atom stereocenters. The van der Waals surface area contributed by atoms with Crippen molar-refractivity contribution in [1.82, 2.24) is 0 Å². The molecule has 0 aliphatic heterocycles. The Morgan fingerprint density at radius 2 is 2.25 bits per heavy atom. The van der Waals surface area contributed by atoms with E-state index in [1.54, 1.807) is 11.3 Å². The molecule has 0 radical (unpaired) electrons. The maximum Gasteiger partial charge on any atom is 0.0910 e. The van der Waals surface area contributed by atoms with Gasteiger partial charge in [-0.05, 0) is 41.2 Å². The molecular formula is C9H10BrNS. The first kappa shape index (κ1) is 9.79. The fourth-order valence-corrected chi connectivity index (χ4v) is 1.92. The van der Waals surface area contributed by atoms with Crippen LogP contribution in [-0.2, 0) is 0 Å². The highest BCUT2D eigenvalue weighted by atomic mass is 79.9. The van der Waals surface area contributed by atoms with Crippen LogP contribution in [0, 0.1) is 11.8 Å². The Morgan fingerprint density at radius 1 is 1.58 bits per heavy atom. The highest BCUT2D eigenvalue weighted by Gasteiger charge is 2.04. The van der Waals surface area contributed by atoms with Crippen LogP contribution < -0.4 is 5.73 Å². The van der Waals surface area contributed by atoms with E-state index in [-0.39, 0.29) is 0 Å². The molecule has 64 valence electrons. The van der Waals surface area contributed by atoms with Gasteiger partial charge in [-0.15, -0.1) is 11.3 Å². The van der Waals surface area contributed by atoms with E-state index in [1.165, 1.54) is 0 Å². The van der Waals surface area contributed by atoms with Gasteiger partial charge in [-0.25, -0.2) is 0 Å². The molecule has 1 aromatic heterocycles. The molecular weight excluding hydrogens is 234 g/mol. The summed E-state index contributed by atoms with van der Waals surface area (Å²) in [6, 6.07) is 1.98. The highest BCUT2D eigenvalue weighted by molar-refractivity contribution is 9.10. The highest BCUT2D eigenvalue weighted by Crippen LogP contribution is 2.21. The van der Waals surface area contributed by atoms with Crippen molar-refractivity contribution < 1.29 is 0 Å². The molecule has 0 aliphatic rings. The zero-order valence-electron chi connectivity index (χ0n) is 7.02. The van der Waals surface area contributed by atoms with E-state index in [2.05, 4.69) is 27.8 Å². The zero-order chi connectivity index (χ0) is 9.19. The Balaban J connectivity index is 2.87. The van der Waals surface area contributed by atoms with Crippen molar-refractivity contribution in [3.63, 3.8) is 0 Å². The number of hydrogen-bond acceptors (Lipinski definition) is 2. The van der Waals surface area contributed by atoms with Gasteiger partial charge in [0.25, 0.3) is 0 Å². The van der Waals surface area contributed by atoms with Crippen LogP contribution in [0.15, 0.2) is 15.9 Å². The molecule has 0 fully saturated rings. The maximum absolute atomic E-state index is 5.72. The zero-order valence-corrected chi connectivity index (χ0v) is 9.42. The lowest BCUT2D eigenvalue weighted by Crippen LogP contribution is -2.29. The van der Waals surface area contributed by atoms with Crippen molar-refractivity contribution in [1.29, 1.82) is 0 Å². The van der Waals surface area contributed by atoms with Crippen LogP contribution in [0.5, 0.6) is 0 Å². The topological polar surface area (TPSA) is 26.0 Å². The number of rotatable bonds is 0. The summed E-state index contributed by atoms with van der Waals surface area (Å²) in [5.74, 6) is 6.00. The van der Waals surface area contributed by atoms with Crippen LogP contribution in [0.3, 0.4) is 0 Å². The minimum Gasteiger partial charge on any atom is -0.316 e. The third-order valence-electron chi connectivity index (χ3n) is 1.12. The van der Waals surface area contributed by atoms with Crippen LogP contribution in [-0.4, -0.2) is 5.54 Å².